The van der Waals surface area contributed by atoms with Gasteiger partial charge < -0.3 is 5.73 Å². The number of hydrogen-bond donors (Lipinski definition) is 1. The van der Waals surface area contributed by atoms with Gasteiger partial charge in [0.15, 0.2) is 0 Å². The van der Waals surface area contributed by atoms with E-state index < -0.39 is 0 Å². The van der Waals surface area contributed by atoms with Crippen molar-refractivity contribution in [3.05, 3.63) is 28.8 Å². The predicted molar refractivity (Wildman–Crippen MR) is 62.5 cm³/mol. The molecule has 0 heterocycles. The maximum atomic E-state index is 5.78. The first-order chi connectivity index (χ1) is 6.65. The summed E-state index contributed by atoms with van der Waals surface area (Å²) in [6.07, 6.45) is 0.727. The molecule has 1 nitrogen and oxygen atoms in total. The van der Waals surface area contributed by atoms with E-state index >= 15 is 0 Å². The van der Waals surface area contributed by atoms with Crippen LogP contribution in [-0.4, -0.2) is 5.88 Å². The van der Waals surface area contributed by atoms with Crippen LogP contribution in [-0.2, 0) is 0 Å². The highest BCUT2D eigenvalue weighted by Gasteiger charge is 1.98. The highest BCUT2D eigenvalue weighted by molar-refractivity contribution is 6.18. The van der Waals surface area contributed by atoms with Crippen LogP contribution in [0.2, 0.25) is 0 Å². The summed E-state index contributed by atoms with van der Waals surface area (Å²) < 4.78 is 0. The number of nitrogens with two attached hydrogens (primary N) is 1. The summed E-state index contributed by atoms with van der Waals surface area (Å²) in [4.78, 5) is 0. The van der Waals surface area contributed by atoms with Crippen molar-refractivity contribution in [2.45, 2.75) is 20.3 Å². The van der Waals surface area contributed by atoms with Gasteiger partial charge >= 0.3 is 0 Å². The molecule has 74 valence electrons. The lowest BCUT2D eigenvalue weighted by molar-refractivity contribution is 1.28. The number of rotatable bonds is 1. The fourth-order valence-corrected chi connectivity index (χ4v) is 1.27. The minimum atomic E-state index is 0.583. The third-order valence-electron chi connectivity index (χ3n) is 2.06. The summed E-state index contributed by atoms with van der Waals surface area (Å²) in [6.45, 7) is 4.00. The summed E-state index contributed by atoms with van der Waals surface area (Å²) in [6, 6.07) is 3.98. The van der Waals surface area contributed by atoms with Crippen molar-refractivity contribution < 1.29 is 0 Å². The summed E-state index contributed by atoms with van der Waals surface area (Å²) >= 11 is 5.54. The van der Waals surface area contributed by atoms with Gasteiger partial charge in [0.1, 0.15) is 0 Å². The van der Waals surface area contributed by atoms with E-state index in [1.54, 1.807) is 0 Å². The maximum absolute atomic E-state index is 5.78. The molecule has 2 N–H and O–H groups in total. The second-order valence-corrected chi connectivity index (χ2v) is 3.64. The monoisotopic (exact) mass is 207 g/mol. The lowest BCUT2D eigenvalue weighted by Gasteiger charge is -2.03. The third kappa shape index (κ3) is 2.68. The Morgan fingerprint density at radius 2 is 2.00 bits per heavy atom. The highest BCUT2D eigenvalue weighted by Crippen LogP contribution is 2.16. The van der Waals surface area contributed by atoms with Crippen LogP contribution in [0.5, 0.6) is 0 Å². The Balaban J connectivity index is 3.00. The molecule has 1 aromatic rings. The van der Waals surface area contributed by atoms with Crippen LogP contribution in [0.4, 0.5) is 5.69 Å². The normalized spacial score (nSPS) is 9.36. The number of anilines is 1. The number of benzene rings is 1. The fourth-order valence-electron chi connectivity index (χ4n) is 1.18. The zero-order chi connectivity index (χ0) is 10.6. The van der Waals surface area contributed by atoms with E-state index in [9.17, 15) is 0 Å². The Kier molecular flexibility index (Phi) is 3.85. The molecule has 0 saturated heterocycles. The molecule has 0 saturated carbocycles. The average molecular weight is 208 g/mol. The van der Waals surface area contributed by atoms with Crippen molar-refractivity contribution in [3.63, 3.8) is 0 Å². The average Bonchev–Trinajstić information content (AvgIpc) is 2.14. The summed E-state index contributed by atoms with van der Waals surface area (Å²) in [5, 5.41) is 0. The summed E-state index contributed by atoms with van der Waals surface area (Å²) in [5.74, 6) is 6.69. The molecule has 0 spiro atoms. The van der Waals surface area contributed by atoms with E-state index in [-0.39, 0.29) is 0 Å². The Bertz CT molecular complexity index is 385. The standard InChI is InChI=1S/C12H14ClN/c1-9-8-12(14)10(2)7-11(9)5-3-4-6-13/h7-8H,4,6,14H2,1-2H3. The third-order valence-corrected chi connectivity index (χ3v) is 2.24. The maximum Gasteiger partial charge on any atom is 0.0347 e. The van der Waals surface area contributed by atoms with Crippen molar-refractivity contribution in [1.29, 1.82) is 0 Å². The molecule has 0 aliphatic heterocycles. The Labute approximate surface area is 90.3 Å². The molecule has 2 heteroatoms. The first-order valence-corrected chi connectivity index (χ1v) is 5.10. The lowest BCUT2D eigenvalue weighted by Crippen LogP contribution is -1.93. The van der Waals surface area contributed by atoms with Gasteiger partial charge in [-0.05, 0) is 37.1 Å². The van der Waals surface area contributed by atoms with Gasteiger partial charge in [-0.15, -0.1) is 11.6 Å². The van der Waals surface area contributed by atoms with Gasteiger partial charge in [-0.25, -0.2) is 0 Å². The first kappa shape index (κ1) is 10.9. The highest BCUT2D eigenvalue weighted by atomic mass is 35.5. The lowest BCUT2D eigenvalue weighted by atomic mass is 10.0. The zero-order valence-corrected chi connectivity index (χ0v) is 9.28. The Hall–Kier alpha value is -1.13. The molecule has 1 rings (SSSR count). The largest absolute Gasteiger partial charge is 0.399 e. The van der Waals surface area contributed by atoms with Gasteiger partial charge in [0.25, 0.3) is 0 Å². The van der Waals surface area contributed by atoms with Gasteiger partial charge in [-0.2, -0.15) is 0 Å². The van der Waals surface area contributed by atoms with Crippen molar-refractivity contribution in [3.8, 4) is 11.8 Å². The van der Waals surface area contributed by atoms with Crippen molar-refractivity contribution in [1.82, 2.24) is 0 Å². The number of aryl methyl sites for hydroxylation is 2. The second kappa shape index (κ2) is 4.93. The number of halogens is 1. The molecule has 0 aromatic heterocycles. The quantitative estimate of drug-likeness (QED) is 0.428. The molecule has 0 aliphatic carbocycles. The fraction of sp³-hybridized carbons (Fsp3) is 0.333. The van der Waals surface area contributed by atoms with Gasteiger partial charge in [-0.3, -0.25) is 0 Å². The van der Waals surface area contributed by atoms with Crippen LogP contribution >= 0.6 is 11.6 Å². The van der Waals surface area contributed by atoms with Crippen LogP contribution in [0, 0.1) is 25.7 Å². The van der Waals surface area contributed by atoms with E-state index in [0.29, 0.717) is 5.88 Å². The van der Waals surface area contributed by atoms with E-state index in [1.165, 1.54) is 0 Å². The molecule has 0 bridgehead atoms. The molecule has 1 aromatic carbocycles. The second-order valence-electron chi connectivity index (χ2n) is 3.26. The van der Waals surface area contributed by atoms with Gasteiger partial charge in [-0.1, -0.05) is 11.8 Å². The molecule has 0 fully saturated rings. The predicted octanol–water partition coefficient (Wildman–Crippen LogP) is 2.87. The van der Waals surface area contributed by atoms with E-state index in [4.69, 9.17) is 17.3 Å². The number of hydrogen-bond acceptors (Lipinski definition) is 1. The van der Waals surface area contributed by atoms with Gasteiger partial charge in [0.2, 0.25) is 0 Å². The molecule has 0 aliphatic rings. The van der Waals surface area contributed by atoms with Crippen molar-refractivity contribution in [2.75, 3.05) is 11.6 Å². The van der Waals surface area contributed by atoms with Gasteiger partial charge in [0, 0.05) is 23.6 Å². The van der Waals surface area contributed by atoms with Gasteiger partial charge in [0.05, 0.1) is 0 Å². The number of alkyl halides is 1. The zero-order valence-electron chi connectivity index (χ0n) is 8.52. The minimum Gasteiger partial charge on any atom is -0.399 e. The summed E-state index contributed by atoms with van der Waals surface area (Å²) in [5.41, 5.74) is 9.84. The van der Waals surface area contributed by atoms with Crippen molar-refractivity contribution in [2.24, 2.45) is 0 Å². The minimum absolute atomic E-state index is 0.583. The first-order valence-electron chi connectivity index (χ1n) is 4.56. The topological polar surface area (TPSA) is 26.0 Å². The summed E-state index contributed by atoms with van der Waals surface area (Å²) in [7, 11) is 0. The molecule has 14 heavy (non-hydrogen) atoms. The van der Waals surface area contributed by atoms with Crippen LogP contribution in [0.25, 0.3) is 0 Å². The molecule has 0 unspecified atom stereocenters. The molecule has 0 radical (unpaired) electrons. The van der Waals surface area contributed by atoms with Crippen LogP contribution < -0.4 is 5.73 Å². The van der Waals surface area contributed by atoms with Crippen LogP contribution in [0.3, 0.4) is 0 Å². The van der Waals surface area contributed by atoms with E-state index in [1.807, 2.05) is 26.0 Å². The van der Waals surface area contributed by atoms with Crippen LogP contribution in [0.1, 0.15) is 23.1 Å². The molecular formula is C12H14ClN. The Morgan fingerprint density at radius 3 is 2.64 bits per heavy atom. The Morgan fingerprint density at radius 1 is 1.29 bits per heavy atom. The number of nitrogen functional groups attached to an aromatic ring is 1. The molecular weight excluding hydrogens is 194 g/mol. The smallest absolute Gasteiger partial charge is 0.0347 e. The SMILES string of the molecule is Cc1cc(C#CCCCl)c(C)cc1N. The van der Waals surface area contributed by atoms with E-state index in [2.05, 4.69) is 11.8 Å². The van der Waals surface area contributed by atoms with E-state index in [0.717, 1.165) is 28.8 Å². The molecule has 0 amide bonds. The van der Waals surface area contributed by atoms with Crippen LogP contribution in [0.15, 0.2) is 12.1 Å². The molecule has 0 atom stereocenters. The van der Waals surface area contributed by atoms with Crippen molar-refractivity contribution >= 4 is 17.3 Å².